The van der Waals surface area contributed by atoms with E-state index in [9.17, 15) is 19.5 Å². The predicted molar refractivity (Wildman–Crippen MR) is 125 cm³/mol. The summed E-state index contributed by atoms with van der Waals surface area (Å²) in [6.45, 7) is 7.12. The third-order valence-electron chi connectivity index (χ3n) is 5.67. The molecule has 0 bridgehead atoms. The molecule has 0 atom stereocenters. The van der Waals surface area contributed by atoms with Gasteiger partial charge in [0.1, 0.15) is 5.69 Å². The van der Waals surface area contributed by atoms with Crippen molar-refractivity contribution < 1.29 is 14.7 Å². The zero-order valence-electron chi connectivity index (χ0n) is 18.9. The maximum absolute atomic E-state index is 13.2. The van der Waals surface area contributed by atoms with Gasteiger partial charge in [0.15, 0.2) is 6.29 Å². The lowest BCUT2D eigenvalue weighted by Crippen LogP contribution is -2.26. The van der Waals surface area contributed by atoms with E-state index in [4.69, 9.17) is 0 Å². The third kappa shape index (κ3) is 4.90. The van der Waals surface area contributed by atoms with Crippen molar-refractivity contribution in [2.75, 3.05) is 0 Å². The molecule has 0 radical (unpaired) electrons. The van der Waals surface area contributed by atoms with E-state index in [1.807, 2.05) is 37.3 Å². The summed E-state index contributed by atoms with van der Waals surface area (Å²) in [5, 5.41) is 9.45. The molecular weight excluding hydrogens is 404 g/mol. The van der Waals surface area contributed by atoms with E-state index in [-0.39, 0.29) is 11.3 Å². The number of hydrogen-bond acceptors (Lipinski definition) is 3. The van der Waals surface area contributed by atoms with Crippen molar-refractivity contribution in [3.8, 4) is 11.1 Å². The summed E-state index contributed by atoms with van der Waals surface area (Å²) in [5.74, 6) is -0.537. The van der Waals surface area contributed by atoms with Gasteiger partial charge in [0, 0.05) is 6.54 Å². The SMILES string of the molecule is CCCc1c(C=O)n(CCC(C)C)c(=O)n1Cc1ccc(-c2ccccc2C(=O)O)cc1. The summed E-state index contributed by atoms with van der Waals surface area (Å²) in [4.78, 5) is 36.6. The Bertz CT molecular complexity index is 1150. The summed E-state index contributed by atoms with van der Waals surface area (Å²) >= 11 is 0. The number of aromatic carboxylic acids is 1. The van der Waals surface area contributed by atoms with Gasteiger partial charge in [-0.25, -0.2) is 9.59 Å². The molecule has 2 aromatic carbocycles. The van der Waals surface area contributed by atoms with Crippen LogP contribution in [-0.4, -0.2) is 26.5 Å². The second kappa shape index (κ2) is 10.3. The monoisotopic (exact) mass is 434 g/mol. The fraction of sp³-hybridized carbons (Fsp3) is 0.346. The first-order valence-corrected chi connectivity index (χ1v) is 11.1. The maximum atomic E-state index is 13.2. The lowest BCUT2D eigenvalue weighted by atomic mass is 9.99. The van der Waals surface area contributed by atoms with Crippen LogP contribution in [0.4, 0.5) is 0 Å². The van der Waals surface area contributed by atoms with Crippen molar-refractivity contribution in [2.24, 2.45) is 5.92 Å². The van der Waals surface area contributed by atoms with Crippen molar-refractivity contribution in [2.45, 2.75) is 53.1 Å². The number of carboxylic acids is 1. The van der Waals surface area contributed by atoms with E-state index in [0.717, 1.165) is 35.9 Å². The van der Waals surface area contributed by atoms with Gasteiger partial charge in [0.25, 0.3) is 0 Å². The van der Waals surface area contributed by atoms with Crippen LogP contribution in [0.25, 0.3) is 11.1 Å². The molecule has 3 aromatic rings. The number of carboxylic acid groups (broad SMARTS) is 1. The number of carbonyl (C=O) groups excluding carboxylic acids is 1. The summed E-state index contributed by atoms with van der Waals surface area (Å²) < 4.78 is 3.31. The average molecular weight is 435 g/mol. The summed E-state index contributed by atoms with van der Waals surface area (Å²) in [6, 6.07) is 14.4. The molecule has 3 rings (SSSR count). The zero-order chi connectivity index (χ0) is 23.3. The Morgan fingerprint density at radius 1 is 1.06 bits per heavy atom. The number of hydrogen-bond donors (Lipinski definition) is 1. The molecule has 0 amide bonds. The minimum absolute atomic E-state index is 0.156. The van der Waals surface area contributed by atoms with E-state index in [2.05, 4.69) is 13.8 Å². The van der Waals surface area contributed by atoms with Crippen molar-refractivity contribution in [1.29, 1.82) is 0 Å². The Labute approximate surface area is 188 Å². The first-order chi connectivity index (χ1) is 15.4. The molecule has 0 saturated heterocycles. The third-order valence-corrected chi connectivity index (χ3v) is 5.67. The van der Waals surface area contributed by atoms with E-state index in [1.54, 1.807) is 27.3 Å². The first kappa shape index (κ1) is 23.3. The maximum Gasteiger partial charge on any atom is 0.336 e. The molecule has 6 nitrogen and oxygen atoms in total. The largest absolute Gasteiger partial charge is 0.478 e. The highest BCUT2D eigenvalue weighted by Gasteiger charge is 2.19. The Morgan fingerprint density at radius 2 is 1.75 bits per heavy atom. The minimum atomic E-state index is -0.968. The van der Waals surface area contributed by atoms with Gasteiger partial charge in [0.2, 0.25) is 0 Å². The van der Waals surface area contributed by atoms with Crippen LogP contribution in [0.1, 0.15) is 65.7 Å². The molecule has 0 saturated carbocycles. The molecule has 0 aliphatic carbocycles. The number of imidazole rings is 1. The number of aromatic nitrogens is 2. The number of nitrogens with zero attached hydrogens (tertiary/aromatic N) is 2. The van der Waals surface area contributed by atoms with Crippen molar-refractivity contribution in [3.05, 3.63) is 81.5 Å². The fourth-order valence-corrected chi connectivity index (χ4v) is 3.95. The molecule has 168 valence electrons. The molecule has 0 unspecified atom stereocenters. The van der Waals surface area contributed by atoms with Crippen LogP contribution >= 0.6 is 0 Å². The molecule has 0 spiro atoms. The molecule has 32 heavy (non-hydrogen) atoms. The number of aldehydes is 1. The van der Waals surface area contributed by atoms with Crippen LogP contribution in [0.15, 0.2) is 53.3 Å². The average Bonchev–Trinajstić information content (AvgIpc) is 3.03. The molecule has 1 N–H and O–H groups in total. The first-order valence-electron chi connectivity index (χ1n) is 11.1. The van der Waals surface area contributed by atoms with Gasteiger partial charge >= 0.3 is 11.7 Å². The molecule has 0 aliphatic rings. The topological polar surface area (TPSA) is 81.3 Å². The van der Waals surface area contributed by atoms with Crippen LogP contribution in [0.3, 0.4) is 0 Å². The van der Waals surface area contributed by atoms with E-state index in [0.29, 0.717) is 36.7 Å². The Kier molecular flexibility index (Phi) is 7.46. The lowest BCUT2D eigenvalue weighted by molar-refractivity contribution is 0.0697. The lowest BCUT2D eigenvalue weighted by Gasteiger charge is -2.10. The highest BCUT2D eigenvalue weighted by atomic mass is 16.4. The Hall–Kier alpha value is -3.41. The molecule has 1 heterocycles. The molecule has 6 heteroatoms. The number of rotatable bonds is 10. The van der Waals surface area contributed by atoms with Crippen LogP contribution in [0.5, 0.6) is 0 Å². The Morgan fingerprint density at radius 3 is 2.34 bits per heavy atom. The van der Waals surface area contributed by atoms with E-state index in [1.165, 1.54) is 0 Å². The van der Waals surface area contributed by atoms with Crippen LogP contribution < -0.4 is 5.69 Å². The predicted octanol–water partition coefficient (Wildman–Crippen LogP) is 4.87. The van der Waals surface area contributed by atoms with Crippen molar-refractivity contribution >= 4 is 12.3 Å². The van der Waals surface area contributed by atoms with Crippen molar-refractivity contribution in [3.63, 3.8) is 0 Å². The van der Waals surface area contributed by atoms with Gasteiger partial charge in [0.05, 0.1) is 17.8 Å². The van der Waals surface area contributed by atoms with Gasteiger partial charge in [-0.15, -0.1) is 0 Å². The number of carbonyl (C=O) groups is 2. The van der Waals surface area contributed by atoms with Crippen LogP contribution in [0, 0.1) is 5.92 Å². The second-order valence-electron chi connectivity index (χ2n) is 8.45. The van der Waals surface area contributed by atoms with Gasteiger partial charge in [-0.05, 0) is 41.5 Å². The Balaban J connectivity index is 1.96. The van der Waals surface area contributed by atoms with Gasteiger partial charge in [-0.2, -0.15) is 0 Å². The van der Waals surface area contributed by atoms with Gasteiger partial charge < -0.3 is 5.11 Å². The smallest absolute Gasteiger partial charge is 0.336 e. The molecule has 0 aliphatic heterocycles. The van der Waals surface area contributed by atoms with E-state index < -0.39 is 5.97 Å². The number of benzene rings is 2. The van der Waals surface area contributed by atoms with E-state index >= 15 is 0 Å². The quantitative estimate of drug-likeness (QED) is 0.462. The normalized spacial score (nSPS) is 11.1. The fourth-order valence-electron chi connectivity index (χ4n) is 3.95. The van der Waals surface area contributed by atoms with Crippen molar-refractivity contribution in [1.82, 2.24) is 9.13 Å². The summed E-state index contributed by atoms with van der Waals surface area (Å²) in [7, 11) is 0. The highest BCUT2D eigenvalue weighted by molar-refractivity contribution is 5.96. The van der Waals surface area contributed by atoms with Gasteiger partial charge in [-0.3, -0.25) is 13.9 Å². The molecule has 1 aromatic heterocycles. The highest BCUT2D eigenvalue weighted by Crippen LogP contribution is 2.24. The zero-order valence-corrected chi connectivity index (χ0v) is 18.9. The summed E-state index contributed by atoms with van der Waals surface area (Å²) in [5.41, 5.74) is 3.71. The van der Waals surface area contributed by atoms with Crippen LogP contribution in [-0.2, 0) is 19.5 Å². The molecule has 0 fully saturated rings. The second-order valence-corrected chi connectivity index (χ2v) is 8.45. The summed E-state index contributed by atoms with van der Waals surface area (Å²) in [6.07, 6.45) is 3.12. The standard InChI is InChI=1S/C26H30N2O4/c1-4-7-23-24(17-29)27(15-14-18(2)3)26(32)28(23)16-19-10-12-20(13-11-19)21-8-5-6-9-22(21)25(30)31/h5-6,8-13,17-18H,4,7,14-16H2,1-3H3,(H,30,31). The minimum Gasteiger partial charge on any atom is -0.478 e. The van der Waals surface area contributed by atoms with Crippen LogP contribution in [0.2, 0.25) is 0 Å². The van der Waals surface area contributed by atoms with Gasteiger partial charge in [-0.1, -0.05) is 69.7 Å². The molecular formula is C26H30N2O4.